The zero-order valence-corrected chi connectivity index (χ0v) is 63.2. The molecule has 14 rings (SSSR count). The molecule has 2 saturated heterocycles. The average molecular weight is 1430 g/mol. The predicted octanol–water partition coefficient (Wildman–Crippen LogP) is 25.6. The maximum atomic E-state index is 6.34. The van der Waals surface area contributed by atoms with Crippen LogP contribution in [0.15, 0.2) is 303 Å². The lowest BCUT2D eigenvalue weighted by atomic mass is 9.84. The molecule has 0 spiro atoms. The third kappa shape index (κ3) is 18.6. The molecule has 108 heavy (non-hydrogen) atoms. The second kappa shape index (κ2) is 36.3. The number of unbranched alkanes of at least 4 members (excludes halogenated alkanes) is 6. The largest absolute Gasteiger partial charge is 0.494 e. The molecule has 10 nitrogen and oxygen atoms in total. The molecule has 0 aromatic heterocycles. The van der Waals surface area contributed by atoms with Gasteiger partial charge < -0.3 is 48.0 Å². The smallest absolute Gasteiger partial charge is 0.119 e. The molecule has 0 bridgehead atoms. The van der Waals surface area contributed by atoms with Gasteiger partial charge in [0.15, 0.2) is 0 Å². The van der Waals surface area contributed by atoms with Crippen LogP contribution in [0.25, 0.3) is 44.5 Å². The molecular formula is C98H102N4O6. The Balaban J connectivity index is 0.633. The van der Waals surface area contributed by atoms with E-state index in [4.69, 9.17) is 28.4 Å². The number of hydrogen-bond acceptors (Lipinski definition) is 10. The van der Waals surface area contributed by atoms with Gasteiger partial charge in [-0.05, 0) is 261 Å². The molecule has 0 radical (unpaired) electrons. The normalized spacial score (nSPS) is 13.4. The summed E-state index contributed by atoms with van der Waals surface area (Å²) in [5, 5.41) is 0. The molecule has 0 amide bonds. The SMILES string of the molecule is CCC1(COCCCCCCOc2ccc(N(C)c3ccc(-c4ccc(N(c5ccc(OCCCCCCOCC6(CC)COC6)cc5)c5ccc(-c6ccc(N(c7ccccc7)c7ccc(-c8ccc(N(c9ccccc9)c9ccc(-c%10ccc(C)cc%10)cc9)cc8)cc7)cc6)cc5)cc4)cc3)cc2)COC1. The molecule has 0 saturated carbocycles. The first-order valence-corrected chi connectivity index (χ1v) is 39.0. The van der Waals surface area contributed by atoms with E-state index in [1.54, 1.807) is 0 Å². The Morgan fingerprint density at radius 1 is 0.269 bits per heavy atom. The van der Waals surface area contributed by atoms with Crippen LogP contribution in [0.2, 0.25) is 0 Å². The van der Waals surface area contributed by atoms with Crippen LogP contribution in [0, 0.1) is 17.8 Å². The van der Waals surface area contributed by atoms with Crippen molar-refractivity contribution in [3.05, 3.63) is 309 Å². The number of ether oxygens (including phenoxy) is 6. The Kier molecular flexibility index (Phi) is 24.9. The van der Waals surface area contributed by atoms with Crippen LogP contribution in [0.5, 0.6) is 11.5 Å². The molecule has 0 atom stereocenters. The zero-order chi connectivity index (χ0) is 73.8. The van der Waals surface area contributed by atoms with E-state index in [0.29, 0.717) is 13.2 Å². The lowest BCUT2D eigenvalue weighted by Gasteiger charge is -2.40. The molecule has 0 N–H and O–H groups in total. The lowest BCUT2D eigenvalue weighted by Crippen LogP contribution is -2.45. The van der Waals surface area contributed by atoms with E-state index in [9.17, 15) is 0 Å². The van der Waals surface area contributed by atoms with Crippen LogP contribution < -0.4 is 29.1 Å². The molecule has 2 heterocycles. The van der Waals surface area contributed by atoms with Gasteiger partial charge in [0.05, 0.1) is 52.9 Å². The van der Waals surface area contributed by atoms with E-state index in [1.165, 1.54) is 16.7 Å². The fraction of sp³-hybridized carbons (Fsp3) is 0.265. The molecule has 10 heteroatoms. The van der Waals surface area contributed by atoms with E-state index < -0.39 is 0 Å². The van der Waals surface area contributed by atoms with Crippen molar-refractivity contribution in [2.24, 2.45) is 10.8 Å². The van der Waals surface area contributed by atoms with Crippen LogP contribution in [0.3, 0.4) is 0 Å². The highest BCUT2D eigenvalue weighted by Crippen LogP contribution is 2.43. The summed E-state index contributed by atoms with van der Waals surface area (Å²) in [4.78, 5) is 9.19. The second-order valence-electron chi connectivity index (χ2n) is 29.2. The van der Waals surface area contributed by atoms with E-state index in [1.807, 2.05) is 0 Å². The summed E-state index contributed by atoms with van der Waals surface area (Å²) in [5.74, 6) is 1.77. The van der Waals surface area contributed by atoms with Crippen LogP contribution in [0.4, 0.5) is 62.6 Å². The highest BCUT2D eigenvalue weighted by molar-refractivity contribution is 5.84. The van der Waals surface area contributed by atoms with E-state index in [-0.39, 0.29) is 10.8 Å². The fourth-order valence-electron chi connectivity index (χ4n) is 14.4. The van der Waals surface area contributed by atoms with Gasteiger partial charge in [0, 0.05) is 93.7 Å². The van der Waals surface area contributed by atoms with Crippen LogP contribution in [0.1, 0.15) is 83.6 Å². The molecule has 2 fully saturated rings. The highest BCUT2D eigenvalue weighted by Gasteiger charge is 2.38. The van der Waals surface area contributed by atoms with Crippen molar-refractivity contribution >= 4 is 62.6 Å². The number of aryl methyl sites for hydroxylation is 1. The molecule has 12 aromatic carbocycles. The van der Waals surface area contributed by atoms with Gasteiger partial charge in [-0.1, -0.05) is 178 Å². The Morgan fingerprint density at radius 2 is 0.500 bits per heavy atom. The van der Waals surface area contributed by atoms with Crippen molar-refractivity contribution in [2.45, 2.75) is 85.0 Å². The summed E-state index contributed by atoms with van der Waals surface area (Å²) < 4.78 is 35.5. The van der Waals surface area contributed by atoms with Crippen LogP contribution >= 0.6 is 0 Å². The molecular weight excluding hydrogens is 1330 g/mol. The number of para-hydroxylation sites is 2. The first-order valence-electron chi connectivity index (χ1n) is 39.0. The average Bonchev–Trinajstić information content (AvgIpc) is 0.803. The Labute approximate surface area is 640 Å². The Bertz CT molecular complexity index is 4680. The van der Waals surface area contributed by atoms with E-state index >= 15 is 0 Å². The first-order chi connectivity index (χ1) is 53.2. The van der Waals surface area contributed by atoms with Crippen molar-refractivity contribution in [1.29, 1.82) is 0 Å². The monoisotopic (exact) mass is 1430 g/mol. The summed E-state index contributed by atoms with van der Waals surface area (Å²) in [6.45, 7) is 14.6. The molecule has 0 unspecified atom stereocenters. The summed E-state index contributed by atoms with van der Waals surface area (Å²) in [5.41, 5.74) is 22.9. The minimum absolute atomic E-state index is 0.236. The quantitative estimate of drug-likeness (QED) is 0.0352. The lowest BCUT2D eigenvalue weighted by molar-refractivity contribution is -0.150. The first kappa shape index (κ1) is 74.1. The Morgan fingerprint density at radius 3 is 0.759 bits per heavy atom. The van der Waals surface area contributed by atoms with E-state index in [2.05, 4.69) is 351 Å². The third-order valence-corrected chi connectivity index (χ3v) is 21.6. The highest BCUT2D eigenvalue weighted by atomic mass is 16.5. The molecule has 0 aliphatic carbocycles. The van der Waals surface area contributed by atoms with Gasteiger partial charge in [-0.15, -0.1) is 0 Å². The number of rotatable bonds is 37. The van der Waals surface area contributed by atoms with Gasteiger partial charge >= 0.3 is 0 Å². The number of nitrogens with zero attached hydrogens (tertiary/aromatic N) is 4. The minimum Gasteiger partial charge on any atom is -0.494 e. The summed E-state index contributed by atoms with van der Waals surface area (Å²) in [6, 6.07) is 109. The molecule has 2 aliphatic rings. The number of anilines is 11. The maximum Gasteiger partial charge on any atom is 0.119 e. The van der Waals surface area contributed by atoms with Gasteiger partial charge in [-0.3, -0.25) is 0 Å². The van der Waals surface area contributed by atoms with E-state index in [0.717, 1.165) is 225 Å². The summed E-state index contributed by atoms with van der Waals surface area (Å²) in [7, 11) is 2.12. The van der Waals surface area contributed by atoms with Gasteiger partial charge in [-0.2, -0.15) is 0 Å². The van der Waals surface area contributed by atoms with Crippen molar-refractivity contribution in [2.75, 3.05) is 92.7 Å². The van der Waals surface area contributed by atoms with Crippen LogP contribution in [-0.2, 0) is 18.9 Å². The third-order valence-electron chi connectivity index (χ3n) is 21.6. The van der Waals surface area contributed by atoms with Gasteiger partial charge in [-0.25, -0.2) is 0 Å². The van der Waals surface area contributed by atoms with Crippen LogP contribution in [-0.4, -0.2) is 73.1 Å². The Hall–Kier alpha value is -10.7. The standard InChI is InChI=1S/C98H102N4O6/c1-5-97(71-105-72-97)69-103-65-17-7-9-19-67-107-95-61-57-85(58-62-95)99(4)84-43-29-77(30-44-84)79-39-53-92(54-40-79)102(94-59-63-96(64-60-94)108-68-20-10-8-18-66-104-70-98(6-2)73-106-74-98)93-55-41-83(42-56-93)82-37-51-91(52-38-82)101(87-23-15-12-16-24-87)90-49-35-81(36-50-90)80-33-47-89(48-34-80)100(86-21-13-11-14-22-86)88-45-31-78(32-46-88)76-27-25-75(3)26-28-76/h11-16,21-64H,5-10,17-20,65-74H2,1-4H3. The maximum absolute atomic E-state index is 6.34. The second-order valence-corrected chi connectivity index (χ2v) is 29.2. The van der Waals surface area contributed by atoms with Crippen molar-refractivity contribution < 1.29 is 28.4 Å². The number of hydrogen-bond donors (Lipinski definition) is 0. The minimum atomic E-state index is 0.236. The summed E-state index contributed by atoms with van der Waals surface area (Å²) >= 11 is 0. The van der Waals surface area contributed by atoms with Gasteiger partial charge in [0.25, 0.3) is 0 Å². The predicted molar refractivity (Wildman–Crippen MR) is 448 cm³/mol. The number of benzene rings is 12. The molecule has 2 aliphatic heterocycles. The molecule has 12 aromatic rings. The summed E-state index contributed by atoms with van der Waals surface area (Å²) in [6.07, 6.45) is 10.9. The van der Waals surface area contributed by atoms with Crippen molar-refractivity contribution in [3.63, 3.8) is 0 Å². The molecule has 550 valence electrons. The topological polar surface area (TPSA) is 68.3 Å². The van der Waals surface area contributed by atoms with Gasteiger partial charge in [0.2, 0.25) is 0 Å². The van der Waals surface area contributed by atoms with Crippen molar-refractivity contribution in [1.82, 2.24) is 0 Å². The van der Waals surface area contributed by atoms with Gasteiger partial charge in [0.1, 0.15) is 11.5 Å². The zero-order valence-electron chi connectivity index (χ0n) is 63.2. The fourth-order valence-corrected chi connectivity index (χ4v) is 14.4. The van der Waals surface area contributed by atoms with Crippen molar-refractivity contribution in [3.8, 4) is 56.0 Å².